The lowest BCUT2D eigenvalue weighted by molar-refractivity contribution is 0.0614. The molecule has 0 spiro atoms. The van der Waals surface area contributed by atoms with E-state index in [2.05, 4.69) is 10.2 Å². The van der Waals surface area contributed by atoms with Crippen LogP contribution in [0.1, 0.15) is 60.8 Å². The van der Waals surface area contributed by atoms with Gasteiger partial charge in [-0.15, -0.1) is 11.3 Å². The summed E-state index contributed by atoms with van der Waals surface area (Å²) >= 11 is 7.56. The van der Waals surface area contributed by atoms with Gasteiger partial charge in [0.15, 0.2) is 0 Å². The summed E-state index contributed by atoms with van der Waals surface area (Å²) in [6.45, 7) is 7.63. The van der Waals surface area contributed by atoms with Crippen LogP contribution in [-0.4, -0.2) is 64.6 Å². The van der Waals surface area contributed by atoms with Crippen LogP contribution in [0.4, 0.5) is 5.82 Å². The van der Waals surface area contributed by atoms with Gasteiger partial charge >= 0.3 is 0 Å². The van der Waals surface area contributed by atoms with Gasteiger partial charge < -0.3 is 20.1 Å². The minimum absolute atomic E-state index is 0.215. The van der Waals surface area contributed by atoms with Crippen molar-refractivity contribution in [3.8, 4) is 0 Å². The molecule has 2 aromatic rings. The van der Waals surface area contributed by atoms with Crippen molar-refractivity contribution < 1.29 is 14.6 Å². The first-order valence-corrected chi connectivity index (χ1v) is 12.6. The SMILES string of the molecule is CC(C)(CO)C(=O)n1nc(C2CCN(CCOC3CC3)CC2)cc1NCc1ccc(Cl)s1. The van der Waals surface area contributed by atoms with E-state index in [1.165, 1.54) is 28.9 Å². The highest BCUT2D eigenvalue weighted by molar-refractivity contribution is 7.16. The van der Waals surface area contributed by atoms with E-state index >= 15 is 0 Å². The Morgan fingerprint density at radius 2 is 2.06 bits per heavy atom. The standard InChI is InChI=1S/C23H33ClN4O3S/c1-23(2,15-29)22(30)28-21(25-14-18-5-6-20(24)32-18)13-19(26-28)16-7-9-27(10-8-16)11-12-31-17-3-4-17/h5-6,13,16-17,25,29H,3-4,7-12,14-15H2,1-2H3. The highest BCUT2D eigenvalue weighted by Gasteiger charge is 2.32. The number of halogens is 1. The number of ether oxygens (including phenoxy) is 1. The molecule has 0 amide bonds. The molecule has 0 radical (unpaired) electrons. The molecule has 1 saturated heterocycles. The van der Waals surface area contributed by atoms with Crippen molar-refractivity contribution in [2.24, 2.45) is 5.41 Å². The smallest absolute Gasteiger partial charge is 0.256 e. The number of aromatic nitrogens is 2. The Balaban J connectivity index is 1.42. The van der Waals surface area contributed by atoms with E-state index in [9.17, 15) is 9.90 Å². The van der Waals surface area contributed by atoms with Crippen molar-refractivity contribution in [2.75, 3.05) is 38.2 Å². The van der Waals surface area contributed by atoms with E-state index < -0.39 is 5.41 Å². The van der Waals surface area contributed by atoms with E-state index in [-0.39, 0.29) is 12.5 Å². The minimum atomic E-state index is -0.906. The molecule has 176 valence electrons. The van der Waals surface area contributed by atoms with Crippen LogP contribution in [0, 0.1) is 5.41 Å². The second kappa shape index (κ2) is 10.2. The van der Waals surface area contributed by atoms with Gasteiger partial charge in [-0.2, -0.15) is 9.78 Å². The fourth-order valence-corrected chi connectivity index (χ4v) is 4.92. The fraction of sp³-hybridized carbons (Fsp3) is 0.652. The Morgan fingerprint density at radius 1 is 1.31 bits per heavy atom. The maximum absolute atomic E-state index is 13.1. The third kappa shape index (κ3) is 5.91. The molecule has 4 rings (SSSR count). The van der Waals surface area contributed by atoms with E-state index in [1.54, 1.807) is 13.8 Å². The van der Waals surface area contributed by atoms with Gasteiger partial charge in [0.1, 0.15) is 5.82 Å². The number of carbonyl (C=O) groups excluding carboxylic acids is 1. The first-order chi connectivity index (χ1) is 15.4. The van der Waals surface area contributed by atoms with Crippen LogP contribution in [0.15, 0.2) is 18.2 Å². The number of likely N-dealkylation sites (tertiary alicyclic amines) is 1. The molecule has 1 aliphatic heterocycles. The van der Waals surface area contributed by atoms with Crippen molar-refractivity contribution >= 4 is 34.7 Å². The van der Waals surface area contributed by atoms with Gasteiger partial charge in [0.25, 0.3) is 5.91 Å². The van der Waals surface area contributed by atoms with Crippen LogP contribution in [0.2, 0.25) is 4.34 Å². The molecule has 2 fully saturated rings. The van der Waals surface area contributed by atoms with E-state index in [0.717, 1.165) is 54.0 Å². The second-order valence-electron chi connectivity index (χ2n) is 9.46. The number of hydrogen-bond acceptors (Lipinski definition) is 7. The Hall–Kier alpha value is -1.45. The number of aliphatic hydroxyl groups is 1. The number of hydrogen-bond donors (Lipinski definition) is 2. The predicted molar refractivity (Wildman–Crippen MR) is 128 cm³/mol. The number of carbonyl (C=O) groups is 1. The van der Waals surface area contributed by atoms with E-state index in [4.69, 9.17) is 21.4 Å². The summed E-state index contributed by atoms with van der Waals surface area (Å²) in [4.78, 5) is 16.7. The molecule has 0 unspecified atom stereocenters. The maximum Gasteiger partial charge on any atom is 0.256 e. The molecule has 9 heteroatoms. The normalized spacial score (nSPS) is 18.2. The van der Waals surface area contributed by atoms with Crippen molar-refractivity contribution in [3.05, 3.63) is 33.1 Å². The first kappa shape index (κ1) is 23.7. The van der Waals surface area contributed by atoms with Crippen LogP contribution >= 0.6 is 22.9 Å². The molecule has 2 N–H and O–H groups in total. The number of rotatable bonds is 10. The van der Waals surface area contributed by atoms with Gasteiger partial charge in [-0.25, -0.2) is 0 Å². The average molecular weight is 481 g/mol. The van der Waals surface area contributed by atoms with Crippen LogP contribution < -0.4 is 5.32 Å². The zero-order valence-corrected chi connectivity index (χ0v) is 20.4. The van der Waals surface area contributed by atoms with Gasteiger partial charge in [-0.1, -0.05) is 11.6 Å². The molecule has 0 atom stereocenters. The molecule has 1 aliphatic carbocycles. The third-order valence-electron chi connectivity index (χ3n) is 6.26. The Bertz CT molecular complexity index is 916. The number of nitrogens with one attached hydrogen (secondary N) is 1. The van der Waals surface area contributed by atoms with Crippen LogP contribution in [0.3, 0.4) is 0 Å². The molecular formula is C23H33ClN4O3S. The second-order valence-corrected chi connectivity index (χ2v) is 11.3. The van der Waals surface area contributed by atoms with Gasteiger partial charge in [-0.3, -0.25) is 4.79 Å². The minimum Gasteiger partial charge on any atom is -0.395 e. The lowest BCUT2D eigenvalue weighted by Crippen LogP contribution is -2.36. The molecule has 0 aromatic carbocycles. The summed E-state index contributed by atoms with van der Waals surface area (Å²) < 4.78 is 7.97. The van der Waals surface area contributed by atoms with Gasteiger partial charge in [0.05, 0.1) is 41.3 Å². The summed E-state index contributed by atoms with van der Waals surface area (Å²) in [5.74, 6) is 0.766. The zero-order chi connectivity index (χ0) is 22.7. The predicted octanol–water partition coefficient (Wildman–Crippen LogP) is 4.23. The van der Waals surface area contributed by atoms with Crippen molar-refractivity contribution in [3.63, 3.8) is 0 Å². The molecule has 7 nitrogen and oxygen atoms in total. The number of piperidine rings is 1. The van der Waals surface area contributed by atoms with Crippen molar-refractivity contribution in [1.29, 1.82) is 0 Å². The summed E-state index contributed by atoms with van der Waals surface area (Å²) in [6, 6.07) is 5.84. The third-order valence-corrected chi connectivity index (χ3v) is 7.49. The largest absolute Gasteiger partial charge is 0.395 e. The van der Waals surface area contributed by atoms with Crippen LogP contribution in [0.25, 0.3) is 0 Å². The summed E-state index contributed by atoms with van der Waals surface area (Å²) in [5.41, 5.74) is 0.0318. The molecule has 3 heterocycles. The van der Waals surface area contributed by atoms with Crippen molar-refractivity contribution in [1.82, 2.24) is 14.7 Å². The molecule has 0 bridgehead atoms. The molecule has 1 saturated carbocycles. The van der Waals surface area contributed by atoms with E-state index in [0.29, 0.717) is 24.4 Å². The molecule has 2 aromatic heterocycles. The summed E-state index contributed by atoms with van der Waals surface area (Å²) in [5, 5.41) is 17.8. The molecule has 2 aliphatic rings. The highest BCUT2D eigenvalue weighted by atomic mass is 35.5. The highest BCUT2D eigenvalue weighted by Crippen LogP contribution is 2.31. The van der Waals surface area contributed by atoms with Gasteiger partial charge in [-0.05, 0) is 64.8 Å². The van der Waals surface area contributed by atoms with Crippen LogP contribution in [0.5, 0.6) is 0 Å². The first-order valence-electron chi connectivity index (χ1n) is 11.4. The Kier molecular flexibility index (Phi) is 7.57. The van der Waals surface area contributed by atoms with Gasteiger partial charge in [0.2, 0.25) is 0 Å². The summed E-state index contributed by atoms with van der Waals surface area (Å²) in [6.07, 6.45) is 4.96. The lowest BCUT2D eigenvalue weighted by Gasteiger charge is -2.31. The number of nitrogens with zero attached hydrogens (tertiary/aromatic N) is 3. The Labute approximate surface area is 198 Å². The van der Waals surface area contributed by atoms with Gasteiger partial charge in [0, 0.05) is 23.4 Å². The van der Waals surface area contributed by atoms with Crippen molar-refractivity contribution in [2.45, 2.75) is 58.1 Å². The lowest BCUT2D eigenvalue weighted by atomic mass is 9.93. The molecular weight excluding hydrogens is 448 g/mol. The quantitative estimate of drug-likeness (QED) is 0.529. The topological polar surface area (TPSA) is 79.6 Å². The van der Waals surface area contributed by atoms with Crippen LogP contribution in [-0.2, 0) is 11.3 Å². The number of anilines is 1. The van der Waals surface area contributed by atoms with E-state index in [1.807, 2.05) is 18.2 Å². The Morgan fingerprint density at radius 3 is 2.69 bits per heavy atom. The maximum atomic E-state index is 13.1. The number of aliphatic hydroxyl groups excluding tert-OH is 1. The molecule has 32 heavy (non-hydrogen) atoms. The zero-order valence-electron chi connectivity index (χ0n) is 18.8. The monoisotopic (exact) mass is 480 g/mol. The summed E-state index contributed by atoms with van der Waals surface area (Å²) in [7, 11) is 0. The fourth-order valence-electron chi connectivity index (χ4n) is 3.89. The average Bonchev–Trinajstić information content (AvgIpc) is 3.36. The number of thiophene rings is 1.